The Morgan fingerprint density at radius 2 is 1.73 bits per heavy atom. The van der Waals surface area contributed by atoms with Crippen LogP contribution >= 0.6 is 11.6 Å². The Labute approximate surface area is 154 Å². The number of nitrogens with zero attached hydrogens (tertiary/aromatic N) is 2. The van der Waals surface area contributed by atoms with Crippen LogP contribution in [-0.4, -0.2) is 35.9 Å². The number of hydrogen-bond acceptors (Lipinski definition) is 6. The molecule has 134 valence electrons. The van der Waals surface area contributed by atoms with Crippen molar-refractivity contribution in [1.29, 1.82) is 0 Å². The molecule has 7 nitrogen and oxygen atoms in total. The second kappa shape index (κ2) is 8.87. The van der Waals surface area contributed by atoms with Crippen LogP contribution < -0.4 is 14.8 Å². The van der Waals surface area contributed by atoms with Gasteiger partial charge in [-0.05, 0) is 48.5 Å². The van der Waals surface area contributed by atoms with Gasteiger partial charge in [0.2, 0.25) is 12.3 Å². The van der Waals surface area contributed by atoms with Gasteiger partial charge in [-0.1, -0.05) is 11.6 Å². The lowest BCUT2D eigenvalue weighted by molar-refractivity contribution is -0.123. The molecule has 1 N–H and O–H groups in total. The third kappa shape index (κ3) is 5.22. The average Bonchev–Trinajstić information content (AvgIpc) is 3.20. The molecule has 0 bridgehead atoms. The topological polar surface area (TPSA) is 86.5 Å². The molecule has 3 rings (SSSR count). The number of rotatable bonds is 8. The molecule has 0 saturated heterocycles. The molecule has 0 saturated carbocycles. The van der Waals surface area contributed by atoms with Gasteiger partial charge in [0.1, 0.15) is 18.1 Å². The van der Waals surface area contributed by atoms with Gasteiger partial charge in [-0.15, -0.1) is 10.2 Å². The van der Waals surface area contributed by atoms with E-state index in [1.807, 2.05) is 0 Å². The van der Waals surface area contributed by atoms with Gasteiger partial charge in [-0.3, -0.25) is 4.79 Å². The minimum absolute atomic E-state index is 0.0825. The SMILES string of the molecule is O=C(COc1ccc(-c2nnco2)cc1)NCCOc1ccc(Cl)cc1. The Kier molecular flexibility index (Phi) is 6.05. The van der Waals surface area contributed by atoms with Crippen LogP contribution in [0.4, 0.5) is 0 Å². The van der Waals surface area contributed by atoms with Gasteiger partial charge in [0.15, 0.2) is 6.61 Å². The smallest absolute Gasteiger partial charge is 0.258 e. The van der Waals surface area contributed by atoms with E-state index in [4.69, 9.17) is 25.5 Å². The summed E-state index contributed by atoms with van der Waals surface area (Å²) in [5.41, 5.74) is 0.777. The Hall–Kier alpha value is -3.06. The molecule has 1 heterocycles. The van der Waals surface area contributed by atoms with Crippen molar-refractivity contribution in [1.82, 2.24) is 15.5 Å². The van der Waals surface area contributed by atoms with Crippen molar-refractivity contribution in [2.75, 3.05) is 19.8 Å². The summed E-state index contributed by atoms with van der Waals surface area (Å²) >= 11 is 5.80. The summed E-state index contributed by atoms with van der Waals surface area (Å²) in [7, 11) is 0. The highest BCUT2D eigenvalue weighted by Crippen LogP contribution is 2.20. The zero-order valence-corrected chi connectivity index (χ0v) is 14.5. The third-order valence-corrected chi connectivity index (χ3v) is 3.59. The number of hydrogen-bond donors (Lipinski definition) is 1. The van der Waals surface area contributed by atoms with Crippen molar-refractivity contribution in [2.24, 2.45) is 0 Å². The lowest BCUT2D eigenvalue weighted by Crippen LogP contribution is -2.32. The first kappa shape index (κ1) is 17.8. The van der Waals surface area contributed by atoms with Crippen LogP contribution in [0.2, 0.25) is 5.02 Å². The van der Waals surface area contributed by atoms with Crippen LogP contribution in [0.1, 0.15) is 0 Å². The molecule has 1 amide bonds. The largest absolute Gasteiger partial charge is 0.492 e. The quantitative estimate of drug-likeness (QED) is 0.611. The summed E-state index contributed by atoms with van der Waals surface area (Å²) in [6.07, 6.45) is 1.26. The van der Waals surface area contributed by atoms with Crippen LogP contribution in [0, 0.1) is 0 Å². The second-order valence-corrected chi connectivity index (χ2v) is 5.65. The molecular weight excluding hydrogens is 358 g/mol. The van der Waals surface area contributed by atoms with E-state index in [2.05, 4.69) is 15.5 Å². The molecule has 0 aliphatic rings. The number of aromatic nitrogens is 2. The molecule has 0 aliphatic carbocycles. The Morgan fingerprint density at radius 3 is 2.42 bits per heavy atom. The number of amides is 1. The van der Waals surface area contributed by atoms with E-state index >= 15 is 0 Å². The lowest BCUT2D eigenvalue weighted by atomic mass is 10.2. The Balaban J connectivity index is 1.35. The minimum atomic E-state index is -0.231. The van der Waals surface area contributed by atoms with E-state index in [1.165, 1.54) is 6.39 Å². The Bertz CT molecular complexity index is 821. The fourth-order valence-corrected chi connectivity index (χ4v) is 2.21. The number of halogens is 1. The van der Waals surface area contributed by atoms with Crippen LogP contribution in [0.15, 0.2) is 59.3 Å². The fraction of sp³-hybridized carbons (Fsp3) is 0.167. The maximum Gasteiger partial charge on any atom is 0.258 e. The van der Waals surface area contributed by atoms with E-state index in [0.717, 1.165) is 5.56 Å². The number of carbonyl (C=O) groups excluding carboxylic acids is 1. The zero-order chi connectivity index (χ0) is 18.2. The van der Waals surface area contributed by atoms with E-state index in [-0.39, 0.29) is 12.5 Å². The zero-order valence-electron chi connectivity index (χ0n) is 13.7. The highest BCUT2D eigenvalue weighted by Gasteiger charge is 2.05. The number of carbonyl (C=O) groups is 1. The molecule has 0 unspecified atom stereocenters. The molecule has 0 atom stereocenters. The minimum Gasteiger partial charge on any atom is -0.492 e. The van der Waals surface area contributed by atoms with Crippen LogP contribution in [-0.2, 0) is 4.79 Å². The maximum atomic E-state index is 11.8. The van der Waals surface area contributed by atoms with Crippen molar-refractivity contribution in [3.63, 3.8) is 0 Å². The summed E-state index contributed by atoms with van der Waals surface area (Å²) in [5, 5.41) is 10.8. The highest BCUT2D eigenvalue weighted by molar-refractivity contribution is 6.30. The van der Waals surface area contributed by atoms with Crippen LogP contribution in [0.3, 0.4) is 0 Å². The fourth-order valence-electron chi connectivity index (χ4n) is 2.08. The molecule has 3 aromatic rings. The number of benzene rings is 2. The van der Waals surface area contributed by atoms with Gasteiger partial charge in [0.25, 0.3) is 5.91 Å². The predicted octanol–water partition coefficient (Wildman–Crippen LogP) is 2.96. The Morgan fingerprint density at radius 1 is 1.04 bits per heavy atom. The van der Waals surface area contributed by atoms with Crippen LogP contribution in [0.5, 0.6) is 11.5 Å². The monoisotopic (exact) mass is 373 g/mol. The van der Waals surface area contributed by atoms with E-state index < -0.39 is 0 Å². The van der Waals surface area contributed by atoms with Crippen molar-refractivity contribution >= 4 is 17.5 Å². The van der Waals surface area contributed by atoms with Gasteiger partial charge in [-0.2, -0.15) is 0 Å². The first-order chi connectivity index (χ1) is 12.7. The first-order valence-corrected chi connectivity index (χ1v) is 8.23. The van der Waals surface area contributed by atoms with Crippen LogP contribution in [0.25, 0.3) is 11.5 Å². The highest BCUT2D eigenvalue weighted by atomic mass is 35.5. The predicted molar refractivity (Wildman–Crippen MR) is 95.2 cm³/mol. The van der Waals surface area contributed by atoms with Gasteiger partial charge in [-0.25, -0.2) is 0 Å². The number of nitrogens with one attached hydrogen (secondary N) is 1. The summed E-state index contributed by atoms with van der Waals surface area (Å²) in [4.78, 5) is 11.8. The molecule has 2 aromatic carbocycles. The molecule has 8 heteroatoms. The van der Waals surface area contributed by atoms with Gasteiger partial charge in [0.05, 0.1) is 6.54 Å². The summed E-state index contributed by atoms with van der Waals surface area (Å²) in [6.45, 7) is 0.647. The van der Waals surface area contributed by atoms with E-state index in [1.54, 1.807) is 48.5 Å². The first-order valence-electron chi connectivity index (χ1n) is 7.85. The molecule has 0 spiro atoms. The summed E-state index contributed by atoms with van der Waals surface area (Å²) in [5.74, 6) is 1.46. The molecule has 0 aliphatic heterocycles. The molecule has 1 aromatic heterocycles. The lowest BCUT2D eigenvalue weighted by Gasteiger charge is -2.09. The summed E-state index contributed by atoms with van der Waals surface area (Å²) in [6, 6.07) is 14.0. The van der Waals surface area contributed by atoms with Crippen molar-refractivity contribution in [3.05, 3.63) is 59.9 Å². The maximum absolute atomic E-state index is 11.8. The van der Waals surface area contributed by atoms with E-state index in [9.17, 15) is 4.79 Å². The van der Waals surface area contributed by atoms with E-state index in [0.29, 0.717) is 35.6 Å². The van der Waals surface area contributed by atoms with Crippen molar-refractivity contribution in [3.8, 4) is 23.0 Å². The van der Waals surface area contributed by atoms with Gasteiger partial charge >= 0.3 is 0 Å². The molecular formula is C18H16ClN3O4. The molecule has 0 fully saturated rings. The average molecular weight is 374 g/mol. The van der Waals surface area contributed by atoms with Crippen molar-refractivity contribution in [2.45, 2.75) is 0 Å². The normalized spacial score (nSPS) is 10.3. The second-order valence-electron chi connectivity index (χ2n) is 5.21. The molecule has 0 radical (unpaired) electrons. The molecule has 26 heavy (non-hydrogen) atoms. The van der Waals surface area contributed by atoms with Gasteiger partial charge < -0.3 is 19.2 Å². The summed E-state index contributed by atoms with van der Waals surface area (Å²) < 4.78 is 16.0. The van der Waals surface area contributed by atoms with Crippen molar-refractivity contribution < 1.29 is 18.7 Å². The number of ether oxygens (including phenoxy) is 2. The third-order valence-electron chi connectivity index (χ3n) is 3.34. The standard InChI is InChI=1S/C18H16ClN3O4/c19-14-3-7-15(8-4-14)24-10-9-20-17(23)11-25-16-5-1-13(2-6-16)18-22-21-12-26-18/h1-8,12H,9-11H2,(H,20,23). The van der Waals surface area contributed by atoms with Gasteiger partial charge in [0, 0.05) is 10.6 Å².